The van der Waals surface area contributed by atoms with Crippen molar-refractivity contribution in [1.29, 1.82) is 0 Å². The zero-order valence-corrected chi connectivity index (χ0v) is 8.51. The molecule has 0 saturated heterocycles. The van der Waals surface area contributed by atoms with Crippen molar-refractivity contribution in [1.82, 2.24) is 10.6 Å². The summed E-state index contributed by atoms with van der Waals surface area (Å²) in [5.41, 5.74) is 0. The van der Waals surface area contributed by atoms with E-state index in [0.717, 1.165) is 0 Å². The fourth-order valence-electron chi connectivity index (χ4n) is 0.926. The summed E-state index contributed by atoms with van der Waals surface area (Å²) in [5.74, 6) is -0.136. The maximum atomic E-state index is 11.1. The van der Waals surface area contributed by atoms with Gasteiger partial charge in [0, 0.05) is 33.0 Å². The van der Waals surface area contributed by atoms with Crippen molar-refractivity contribution in [3.63, 3.8) is 0 Å². The van der Waals surface area contributed by atoms with Crippen LogP contribution in [0.5, 0.6) is 0 Å². The molecular formula is C9H18N2O3. The second-order valence-corrected chi connectivity index (χ2v) is 3.01. The van der Waals surface area contributed by atoms with Crippen molar-refractivity contribution in [3.8, 4) is 0 Å². The van der Waals surface area contributed by atoms with Crippen LogP contribution in [-0.2, 0) is 9.59 Å². The van der Waals surface area contributed by atoms with Gasteiger partial charge in [0.05, 0.1) is 0 Å². The number of nitrogens with one attached hydrogen (secondary N) is 2. The minimum Gasteiger partial charge on any atom is -0.396 e. The normalized spacial score (nSPS) is 9.57. The Morgan fingerprint density at radius 3 is 2.36 bits per heavy atom. The van der Waals surface area contributed by atoms with Crippen molar-refractivity contribution in [2.24, 2.45) is 0 Å². The summed E-state index contributed by atoms with van der Waals surface area (Å²) in [6.45, 7) is 2.47. The molecule has 0 unspecified atom stereocenters. The summed E-state index contributed by atoms with van der Waals surface area (Å²) >= 11 is 0. The largest absolute Gasteiger partial charge is 0.396 e. The maximum absolute atomic E-state index is 11.1. The molecule has 0 aliphatic heterocycles. The highest BCUT2D eigenvalue weighted by molar-refractivity contribution is 5.76. The molecule has 3 N–H and O–H groups in total. The third-order valence-electron chi connectivity index (χ3n) is 1.63. The van der Waals surface area contributed by atoms with Gasteiger partial charge in [0.2, 0.25) is 11.8 Å². The van der Waals surface area contributed by atoms with Crippen LogP contribution in [0, 0.1) is 0 Å². The summed E-state index contributed by atoms with van der Waals surface area (Å²) < 4.78 is 0. The predicted octanol–water partition coefficient (Wildman–Crippen LogP) is -0.599. The van der Waals surface area contributed by atoms with Gasteiger partial charge in [0.15, 0.2) is 0 Å². The van der Waals surface area contributed by atoms with Crippen molar-refractivity contribution in [2.45, 2.75) is 26.2 Å². The van der Waals surface area contributed by atoms with E-state index in [4.69, 9.17) is 5.11 Å². The SMILES string of the molecule is CC(=O)NCCNC(=O)CCCCO. The summed E-state index contributed by atoms with van der Waals surface area (Å²) in [4.78, 5) is 21.5. The van der Waals surface area contributed by atoms with Crippen LogP contribution in [0.1, 0.15) is 26.2 Å². The lowest BCUT2D eigenvalue weighted by Gasteiger charge is -2.04. The predicted molar refractivity (Wildman–Crippen MR) is 52.6 cm³/mol. The molecule has 0 fully saturated rings. The second kappa shape index (κ2) is 8.50. The standard InChI is InChI=1S/C9H18N2O3/c1-8(13)10-5-6-11-9(14)4-2-3-7-12/h12H,2-7H2,1H3,(H,10,13)(H,11,14). The summed E-state index contributed by atoms with van der Waals surface area (Å²) in [6.07, 6.45) is 1.78. The molecule has 0 atom stereocenters. The Labute approximate surface area is 83.9 Å². The molecule has 82 valence electrons. The fourth-order valence-corrected chi connectivity index (χ4v) is 0.926. The van der Waals surface area contributed by atoms with Crippen LogP contribution < -0.4 is 10.6 Å². The Hall–Kier alpha value is -1.10. The molecule has 0 bridgehead atoms. The molecule has 0 aliphatic carbocycles. The van der Waals surface area contributed by atoms with Gasteiger partial charge in [-0.2, -0.15) is 0 Å². The molecule has 0 aromatic rings. The molecule has 0 aliphatic rings. The van der Waals surface area contributed by atoms with E-state index in [1.165, 1.54) is 6.92 Å². The molecule has 0 spiro atoms. The number of carbonyl (C=O) groups is 2. The number of hydrogen-bond acceptors (Lipinski definition) is 3. The summed E-state index contributed by atoms with van der Waals surface area (Å²) in [6, 6.07) is 0. The smallest absolute Gasteiger partial charge is 0.220 e. The van der Waals surface area contributed by atoms with Crippen LogP contribution in [0.3, 0.4) is 0 Å². The topological polar surface area (TPSA) is 78.4 Å². The van der Waals surface area contributed by atoms with Crippen molar-refractivity contribution >= 4 is 11.8 Å². The highest BCUT2D eigenvalue weighted by Crippen LogP contribution is 1.92. The first-order valence-electron chi connectivity index (χ1n) is 4.79. The summed E-state index contributed by atoms with van der Waals surface area (Å²) in [5, 5.41) is 13.7. The first kappa shape index (κ1) is 12.9. The van der Waals surface area contributed by atoms with Crippen LogP contribution in [0.2, 0.25) is 0 Å². The molecular weight excluding hydrogens is 184 g/mol. The van der Waals surface area contributed by atoms with Gasteiger partial charge in [0.1, 0.15) is 0 Å². The number of aliphatic hydroxyl groups is 1. The van der Waals surface area contributed by atoms with Gasteiger partial charge in [-0.15, -0.1) is 0 Å². The molecule has 0 rings (SSSR count). The van der Waals surface area contributed by atoms with Gasteiger partial charge in [-0.05, 0) is 12.8 Å². The first-order valence-corrected chi connectivity index (χ1v) is 4.79. The van der Waals surface area contributed by atoms with Crippen molar-refractivity contribution < 1.29 is 14.7 Å². The fraction of sp³-hybridized carbons (Fsp3) is 0.778. The molecule has 0 saturated carbocycles. The lowest BCUT2D eigenvalue weighted by Crippen LogP contribution is -2.33. The van der Waals surface area contributed by atoms with E-state index in [9.17, 15) is 9.59 Å². The van der Waals surface area contributed by atoms with E-state index in [1.807, 2.05) is 0 Å². The van der Waals surface area contributed by atoms with Crippen LogP contribution in [0.25, 0.3) is 0 Å². The van der Waals surface area contributed by atoms with Gasteiger partial charge < -0.3 is 15.7 Å². The first-order chi connectivity index (χ1) is 6.66. The molecule has 0 aromatic carbocycles. The maximum Gasteiger partial charge on any atom is 0.220 e. The van der Waals surface area contributed by atoms with Crippen molar-refractivity contribution in [2.75, 3.05) is 19.7 Å². The molecule has 2 amide bonds. The van der Waals surface area contributed by atoms with Gasteiger partial charge in [-0.25, -0.2) is 0 Å². The number of rotatable bonds is 7. The average molecular weight is 202 g/mol. The van der Waals surface area contributed by atoms with Crippen LogP contribution >= 0.6 is 0 Å². The van der Waals surface area contributed by atoms with Crippen LogP contribution in [0.4, 0.5) is 0 Å². The molecule has 5 heteroatoms. The highest BCUT2D eigenvalue weighted by Gasteiger charge is 1.99. The molecule has 5 nitrogen and oxygen atoms in total. The van der Waals surface area contributed by atoms with Crippen LogP contribution in [-0.4, -0.2) is 36.6 Å². The third-order valence-corrected chi connectivity index (χ3v) is 1.63. The number of aliphatic hydroxyl groups excluding tert-OH is 1. The second-order valence-electron chi connectivity index (χ2n) is 3.01. The Bertz CT molecular complexity index is 183. The van der Waals surface area contributed by atoms with E-state index >= 15 is 0 Å². The Kier molecular flexibility index (Phi) is 7.83. The number of carbonyl (C=O) groups excluding carboxylic acids is 2. The quantitative estimate of drug-likeness (QED) is 0.482. The Balaban J connectivity index is 3.22. The van der Waals surface area contributed by atoms with Crippen molar-refractivity contribution in [3.05, 3.63) is 0 Å². The number of amides is 2. The Morgan fingerprint density at radius 2 is 1.79 bits per heavy atom. The zero-order valence-electron chi connectivity index (χ0n) is 8.51. The van der Waals surface area contributed by atoms with E-state index in [2.05, 4.69) is 10.6 Å². The Morgan fingerprint density at radius 1 is 1.14 bits per heavy atom. The lowest BCUT2D eigenvalue weighted by atomic mass is 10.2. The van der Waals surface area contributed by atoms with Gasteiger partial charge in [-0.1, -0.05) is 0 Å². The minimum absolute atomic E-state index is 0.0381. The minimum atomic E-state index is -0.0977. The molecule has 0 aromatic heterocycles. The molecule has 0 heterocycles. The van der Waals surface area contributed by atoms with E-state index in [-0.39, 0.29) is 18.4 Å². The summed E-state index contributed by atoms with van der Waals surface area (Å²) in [7, 11) is 0. The van der Waals surface area contributed by atoms with E-state index in [1.54, 1.807) is 0 Å². The van der Waals surface area contributed by atoms with Gasteiger partial charge in [-0.3, -0.25) is 9.59 Å². The molecule has 14 heavy (non-hydrogen) atoms. The number of unbranched alkanes of at least 4 members (excludes halogenated alkanes) is 1. The van der Waals surface area contributed by atoms with E-state index < -0.39 is 0 Å². The number of hydrogen-bond donors (Lipinski definition) is 3. The van der Waals surface area contributed by atoms with Crippen LogP contribution in [0.15, 0.2) is 0 Å². The monoisotopic (exact) mass is 202 g/mol. The highest BCUT2D eigenvalue weighted by atomic mass is 16.3. The average Bonchev–Trinajstić information content (AvgIpc) is 2.13. The third kappa shape index (κ3) is 8.99. The zero-order chi connectivity index (χ0) is 10.8. The lowest BCUT2D eigenvalue weighted by molar-refractivity contribution is -0.122. The molecule has 0 radical (unpaired) electrons. The van der Waals surface area contributed by atoms with E-state index in [0.29, 0.717) is 32.4 Å². The van der Waals surface area contributed by atoms with Gasteiger partial charge in [0.25, 0.3) is 0 Å². The van der Waals surface area contributed by atoms with Gasteiger partial charge >= 0.3 is 0 Å².